The van der Waals surface area contributed by atoms with E-state index in [1.807, 2.05) is 26.0 Å². The molecule has 3 aromatic rings. The first-order valence-electron chi connectivity index (χ1n) is 9.12. The van der Waals surface area contributed by atoms with Crippen LogP contribution < -0.4 is 14.8 Å². The molecule has 0 unspecified atom stereocenters. The second kappa shape index (κ2) is 9.19. The van der Waals surface area contributed by atoms with Gasteiger partial charge in [0.05, 0.1) is 4.90 Å². The lowest BCUT2D eigenvalue weighted by atomic mass is 10.2. The SMILES string of the molecule is Cc1ccc(NS(=O)(=O)c2ccc(OCC(=O)Nc3cccc(Cl)c3C)cc2)cc1. The third-order valence-electron chi connectivity index (χ3n) is 4.35. The third-order valence-corrected chi connectivity index (χ3v) is 6.16. The van der Waals surface area contributed by atoms with Crippen molar-refractivity contribution in [1.82, 2.24) is 0 Å². The van der Waals surface area contributed by atoms with Gasteiger partial charge in [-0.2, -0.15) is 0 Å². The molecule has 30 heavy (non-hydrogen) atoms. The number of aryl methyl sites for hydroxylation is 1. The molecule has 0 aliphatic rings. The summed E-state index contributed by atoms with van der Waals surface area (Å²) in [5.41, 5.74) is 2.89. The number of hydrogen-bond acceptors (Lipinski definition) is 4. The minimum Gasteiger partial charge on any atom is -0.484 e. The van der Waals surface area contributed by atoms with Crippen LogP contribution in [0.2, 0.25) is 5.02 Å². The lowest BCUT2D eigenvalue weighted by Crippen LogP contribution is -2.20. The molecule has 0 atom stereocenters. The van der Waals surface area contributed by atoms with E-state index >= 15 is 0 Å². The third kappa shape index (κ3) is 5.52. The monoisotopic (exact) mass is 444 g/mol. The number of ether oxygens (including phenoxy) is 1. The number of amides is 1. The molecule has 8 heteroatoms. The molecule has 0 fully saturated rings. The van der Waals surface area contributed by atoms with Crippen molar-refractivity contribution in [1.29, 1.82) is 0 Å². The van der Waals surface area contributed by atoms with Crippen LogP contribution in [0.3, 0.4) is 0 Å². The molecular formula is C22H21ClN2O4S. The Morgan fingerprint density at radius 3 is 2.30 bits per heavy atom. The summed E-state index contributed by atoms with van der Waals surface area (Å²) in [7, 11) is -3.72. The Labute approximate surface area is 180 Å². The largest absolute Gasteiger partial charge is 0.484 e. The molecule has 0 heterocycles. The van der Waals surface area contributed by atoms with Gasteiger partial charge < -0.3 is 10.1 Å². The fourth-order valence-corrected chi connectivity index (χ4v) is 3.86. The van der Waals surface area contributed by atoms with Crippen LogP contribution in [0.4, 0.5) is 11.4 Å². The summed E-state index contributed by atoms with van der Waals surface area (Å²) >= 11 is 6.04. The molecule has 3 rings (SSSR count). The van der Waals surface area contributed by atoms with E-state index in [4.69, 9.17) is 16.3 Å². The Kier molecular flexibility index (Phi) is 6.64. The fourth-order valence-electron chi connectivity index (χ4n) is 2.63. The highest BCUT2D eigenvalue weighted by molar-refractivity contribution is 7.92. The van der Waals surface area contributed by atoms with Crippen LogP contribution in [0, 0.1) is 13.8 Å². The second-order valence-electron chi connectivity index (χ2n) is 6.69. The van der Waals surface area contributed by atoms with Crippen LogP contribution in [-0.4, -0.2) is 20.9 Å². The molecule has 2 N–H and O–H groups in total. The first kappa shape index (κ1) is 21.7. The smallest absolute Gasteiger partial charge is 0.262 e. The predicted molar refractivity (Wildman–Crippen MR) is 119 cm³/mol. The van der Waals surface area contributed by atoms with E-state index in [-0.39, 0.29) is 17.4 Å². The summed E-state index contributed by atoms with van der Waals surface area (Å²) in [6.45, 7) is 3.51. The van der Waals surface area contributed by atoms with Crippen molar-refractivity contribution in [3.8, 4) is 5.75 Å². The Morgan fingerprint density at radius 2 is 1.63 bits per heavy atom. The summed E-state index contributed by atoms with van der Waals surface area (Å²) in [6.07, 6.45) is 0. The van der Waals surface area contributed by atoms with Gasteiger partial charge in [0.2, 0.25) is 0 Å². The van der Waals surface area contributed by atoms with Crippen LogP contribution >= 0.6 is 11.6 Å². The minimum atomic E-state index is -3.72. The van der Waals surface area contributed by atoms with E-state index in [9.17, 15) is 13.2 Å². The normalized spacial score (nSPS) is 11.0. The molecular weight excluding hydrogens is 424 g/mol. The molecule has 0 aromatic heterocycles. The lowest BCUT2D eigenvalue weighted by Gasteiger charge is -2.11. The average molecular weight is 445 g/mol. The summed E-state index contributed by atoms with van der Waals surface area (Å²) in [5.74, 6) is 0.0281. The Bertz CT molecular complexity index is 1140. The number of sulfonamides is 1. The van der Waals surface area contributed by atoms with Gasteiger partial charge in [-0.1, -0.05) is 35.4 Å². The summed E-state index contributed by atoms with van der Waals surface area (Å²) in [5, 5.41) is 3.29. The maximum Gasteiger partial charge on any atom is 0.262 e. The van der Waals surface area contributed by atoms with Crippen molar-refractivity contribution in [3.05, 3.63) is 82.9 Å². The molecule has 0 saturated carbocycles. The zero-order valence-corrected chi connectivity index (χ0v) is 18.0. The summed E-state index contributed by atoms with van der Waals surface area (Å²) in [4.78, 5) is 12.2. The molecule has 0 spiro atoms. The van der Waals surface area contributed by atoms with Gasteiger partial charge in [-0.05, 0) is 67.9 Å². The highest BCUT2D eigenvalue weighted by atomic mass is 35.5. The van der Waals surface area contributed by atoms with Crippen LogP contribution in [-0.2, 0) is 14.8 Å². The van der Waals surface area contributed by atoms with Crippen molar-refractivity contribution < 1.29 is 17.9 Å². The van der Waals surface area contributed by atoms with E-state index < -0.39 is 10.0 Å². The lowest BCUT2D eigenvalue weighted by molar-refractivity contribution is -0.118. The number of rotatable bonds is 7. The maximum absolute atomic E-state index is 12.5. The van der Waals surface area contributed by atoms with Crippen molar-refractivity contribution in [3.63, 3.8) is 0 Å². The Balaban J connectivity index is 1.59. The number of nitrogens with one attached hydrogen (secondary N) is 2. The molecule has 156 valence electrons. The van der Waals surface area contributed by atoms with E-state index in [1.165, 1.54) is 24.3 Å². The molecule has 0 radical (unpaired) electrons. The van der Waals surface area contributed by atoms with Crippen LogP contribution in [0.25, 0.3) is 0 Å². The van der Waals surface area contributed by atoms with Gasteiger partial charge in [0.15, 0.2) is 6.61 Å². The van der Waals surface area contributed by atoms with Crippen molar-refractivity contribution in [2.24, 2.45) is 0 Å². The fraction of sp³-hybridized carbons (Fsp3) is 0.136. The average Bonchev–Trinajstić information content (AvgIpc) is 2.72. The zero-order valence-electron chi connectivity index (χ0n) is 16.5. The number of carbonyl (C=O) groups excluding carboxylic acids is 1. The first-order chi connectivity index (χ1) is 14.2. The highest BCUT2D eigenvalue weighted by Gasteiger charge is 2.14. The van der Waals surface area contributed by atoms with Gasteiger partial charge in [0, 0.05) is 16.4 Å². The van der Waals surface area contributed by atoms with E-state index in [2.05, 4.69) is 10.0 Å². The number of benzene rings is 3. The molecule has 0 aliphatic carbocycles. The van der Waals surface area contributed by atoms with Crippen molar-refractivity contribution in [2.75, 3.05) is 16.6 Å². The second-order valence-corrected chi connectivity index (χ2v) is 8.78. The van der Waals surface area contributed by atoms with Gasteiger partial charge >= 0.3 is 0 Å². The zero-order chi connectivity index (χ0) is 21.7. The van der Waals surface area contributed by atoms with Crippen LogP contribution in [0.5, 0.6) is 5.75 Å². The summed E-state index contributed by atoms with van der Waals surface area (Å²) < 4.78 is 33.0. The Hall–Kier alpha value is -3.03. The molecule has 6 nitrogen and oxygen atoms in total. The topological polar surface area (TPSA) is 84.5 Å². The predicted octanol–water partition coefficient (Wildman–Crippen LogP) is 4.78. The standard InChI is InChI=1S/C22H21ClN2O4S/c1-15-6-8-17(9-7-15)25-30(27,28)19-12-10-18(11-13-19)29-14-22(26)24-21-5-3-4-20(23)16(21)2/h3-13,25H,14H2,1-2H3,(H,24,26). The maximum atomic E-state index is 12.5. The summed E-state index contributed by atoms with van der Waals surface area (Å²) in [6, 6.07) is 18.1. The number of carbonyl (C=O) groups is 1. The molecule has 1 amide bonds. The van der Waals surface area contributed by atoms with Gasteiger partial charge in [-0.25, -0.2) is 8.42 Å². The highest BCUT2D eigenvalue weighted by Crippen LogP contribution is 2.23. The molecule has 0 aliphatic heterocycles. The Morgan fingerprint density at radius 1 is 0.967 bits per heavy atom. The number of halogens is 1. The van der Waals surface area contributed by atoms with Gasteiger partial charge in [0.25, 0.3) is 15.9 Å². The first-order valence-corrected chi connectivity index (χ1v) is 11.0. The van der Waals surface area contributed by atoms with Gasteiger partial charge in [-0.3, -0.25) is 9.52 Å². The van der Waals surface area contributed by atoms with Crippen LogP contribution in [0.1, 0.15) is 11.1 Å². The quantitative estimate of drug-likeness (QED) is 0.549. The van der Waals surface area contributed by atoms with Crippen molar-refractivity contribution >= 4 is 38.9 Å². The van der Waals surface area contributed by atoms with Crippen LogP contribution in [0.15, 0.2) is 71.6 Å². The van der Waals surface area contributed by atoms with E-state index in [0.29, 0.717) is 22.1 Å². The number of hydrogen-bond donors (Lipinski definition) is 2. The molecule has 3 aromatic carbocycles. The van der Waals surface area contributed by atoms with Gasteiger partial charge in [-0.15, -0.1) is 0 Å². The van der Waals surface area contributed by atoms with E-state index in [1.54, 1.807) is 30.3 Å². The number of anilines is 2. The molecule has 0 bridgehead atoms. The molecule has 0 saturated heterocycles. The minimum absolute atomic E-state index is 0.0921. The van der Waals surface area contributed by atoms with Crippen molar-refractivity contribution in [2.45, 2.75) is 18.7 Å². The van der Waals surface area contributed by atoms with E-state index in [0.717, 1.165) is 11.1 Å². The van der Waals surface area contributed by atoms with Gasteiger partial charge in [0.1, 0.15) is 5.75 Å².